The van der Waals surface area contributed by atoms with Crippen molar-refractivity contribution in [2.75, 3.05) is 53.6 Å². The standard InChI is InChI=1S/2C13H25NO9.3H2O/c2*1-22-13-12(21)11(20)10(19)7(23-13)3-14-2-6(16)9(18)8(17)5(14)4-15;;;/h2*5-13,15-21H,2-4H2,1H3;3*1H2/t2*5-,6+,7-,8-,9-,10-,11+,12-,13+;;;/m11.../s1. The van der Waals surface area contributed by atoms with E-state index < -0.39 is 123 Å². The van der Waals surface area contributed by atoms with Crippen LogP contribution in [0.4, 0.5) is 0 Å². The molecule has 0 aromatic heterocycles. The molecule has 4 rings (SSSR count). The average Bonchev–Trinajstić information content (AvgIpc) is 3.03. The van der Waals surface area contributed by atoms with Crippen molar-refractivity contribution in [1.29, 1.82) is 0 Å². The Hall–Kier alpha value is -0.920. The molecule has 0 amide bonds. The second-order valence-corrected chi connectivity index (χ2v) is 12.0. The van der Waals surface area contributed by atoms with Crippen molar-refractivity contribution in [2.45, 2.75) is 110 Å². The van der Waals surface area contributed by atoms with E-state index >= 15 is 0 Å². The maximum Gasteiger partial charge on any atom is 0.186 e. The molecule has 296 valence electrons. The van der Waals surface area contributed by atoms with Crippen LogP contribution in [0.15, 0.2) is 0 Å². The highest BCUT2D eigenvalue weighted by Crippen LogP contribution is 2.27. The molecule has 4 fully saturated rings. The van der Waals surface area contributed by atoms with Crippen LogP contribution in [0.5, 0.6) is 0 Å². The molecule has 4 heterocycles. The molecule has 0 unspecified atom stereocenters. The van der Waals surface area contributed by atoms with Crippen LogP contribution in [-0.2, 0) is 18.9 Å². The molecule has 4 aliphatic rings. The summed E-state index contributed by atoms with van der Waals surface area (Å²) in [5, 5.41) is 137. The predicted octanol–water partition coefficient (Wildman–Crippen LogP) is -12.1. The maximum absolute atomic E-state index is 10.0. The first-order valence-electron chi connectivity index (χ1n) is 14.9. The fourth-order valence-corrected chi connectivity index (χ4v) is 6.16. The third kappa shape index (κ3) is 10.6. The lowest BCUT2D eigenvalue weighted by Crippen LogP contribution is -2.66. The van der Waals surface area contributed by atoms with Crippen molar-refractivity contribution in [3.63, 3.8) is 0 Å². The van der Waals surface area contributed by atoms with Crippen molar-refractivity contribution < 1.29 is 107 Å². The summed E-state index contributed by atoms with van der Waals surface area (Å²) < 4.78 is 20.6. The summed E-state index contributed by atoms with van der Waals surface area (Å²) in [6.07, 6.45) is -20.9. The number of piperidine rings is 2. The van der Waals surface area contributed by atoms with Gasteiger partial charge in [0.15, 0.2) is 12.6 Å². The molecule has 0 spiro atoms. The van der Waals surface area contributed by atoms with Crippen LogP contribution < -0.4 is 0 Å². The lowest BCUT2D eigenvalue weighted by Gasteiger charge is -2.47. The normalized spacial score (nSPS) is 46.3. The molecule has 18 atom stereocenters. The van der Waals surface area contributed by atoms with Crippen molar-refractivity contribution in [2.24, 2.45) is 0 Å². The zero-order chi connectivity index (χ0) is 34.6. The van der Waals surface area contributed by atoms with Gasteiger partial charge in [-0.3, -0.25) is 9.80 Å². The number of likely N-dealkylation sites (tertiary alicyclic amines) is 2. The summed E-state index contributed by atoms with van der Waals surface area (Å²) in [7, 11) is 2.55. The smallest absolute Gasteiger partial charge is 0.186 e. The third-order valence-electron chi connectivity index (χ3n) is 9.06. The van der Waals surface area contributed by atoms with E-state index in [0.717, 1.165) is 0 Å². The number of rotatable bonds is 8. The first kappa shape index (κ1) is 48.1. The first-order valence-corrected chi connectivity index (χ1v) is 14.9. The molecule has 0 bridgehead atoms. The number of nitrogens with zero attached hydrogens (tertiary/aromatic N) is 2. The van der Waals surface area contributed by atoms with Crippen molar-refractivity contribution in [1.82, 2.24) is 9.80 Å². The second-order valence-electron chi connectivity index (χ2n) is 12.0. The van der Waals surface area contributed by atoms with Crippen LogP contribution in [0, 0.1) is 0 Å². The van der Waals surface area contributed by atoms with Gasteiger partial charge in [0, 0.05) is 40.4 Å². The summed E-state index contributed by atoms with van der Waals surface area (Å²) in [5.74, 6) is 0. The van der Waals surface area contributed by atoms with Gasteiger partial charge < -0.3 is 107 Å². The van der Waals surface area contributed by atoms with E-state index in [1.807, 2.05) is 0 Å². The molecule has 0 aliphatic carbocycles. The number of hydrogen-bond acceptors (Lipinski definition) is 20. The van der Waals surface area contributed by atoms with E-state index in [-0.39, 0.29) is 42.6 Å². The molecule has 23 heteroatoms. The molecular formula is C26H56N2O21. The van der Waals surface area contributed by atoms with E-state index in [4.69, 9.17) is 18.9 Å². The van der Waals surface area contributed by atoms with Crippen molar-refractivity contribution in [3.05, 3.63) is 0 Å². The minimum atomic E-state index is -1.49. The number of hydrogen-bond donors (Lipinski definition) is 14. The number of aliphatic hydroxyl groups is 14. The Morgan fingerprint density at radius 2 is 0.776 bits per heavy atom. The van der Waals surface area contributed by atoms with Crippen LogP contribution in [0.2, 0.25) is 0 Å². The van der Waals surface area contributed by atoms with Crippen molar-refractivity contribution in [3.8, 4) is 0 Å². The Morgan fingerprint density at radius 1 is 0.469 bits per heavy atom. The second kappa shape index (κ2) is 20.9. The topological polar surface area (TPSA) is 421 Å². The third-order valence-corrected chi connectivity index (χ3v) is 9.06. The lowest BCUT2D eigenvalue weighted by molar-refractivity contribution is -0.294. The fourth-order valence-electron chi connectivity index (χ4n) is 6.16. The first-order chi connectivity index (χ1) is 21.6. The fraction of sp³-hybridized carbons (Fsp3) is 1.00. The molecule has 20 N–H and O–H groups in total. The number of methoxy groups -OCH3 is 2. The van der Waals surface area contributed by atoms with Crippen LogP contribution in [0.3, 0.4) is 0 Å². The van der Waals surface area contributed by atoms with Gasteiger partial charge in [-0.05, 0) is 0 Å². The quantitative estimate of drug-likeness (QED) is 0.110. The summed E-state index contributed by atoms with van der Waals surface area (Å²) in [6.45, 7) is -1.20. The van der Waals surface area contributed by atoms with Crippen molar-refractivity contribution >= 4 is 0 Å². The van der Waals surface area contributed by atoms with Crippen LogP contribution in [0.1, 0.15) is 0 Å². The van der Waals surface area contributed by atoms with Crippen LogP contribution in [-0.4, -0.2) is 261 Å². The Morgan fingerprint density at radius 3 is 1.04 bits per heavy atom. The van der Waals surface area contributed by atoms with Gasteiger partial charge in [0.25, 0.3) is 0 Å². The Bertz CT molecular complexity index is 843. The largest absolute Gasteiger partial charge is 0.412 e. The highest BCUT2D eigenvalue weighted by Gasteiger charge is 2.49. The lowest BCUT2D eigenvalue weighted by atomic mass is 9.92. The van der Waals surface area contributed by atoms with Gasteiger partial charge in [-0.2, -0.15) is 0 Å². The zero-order valence-corrected chi connectivity index (χ0v) is 26.9. The number of aliphatic hydroxyl groups excluding tert-OH is 14. The van der Waals surface area contributed by atoms with Gasteiger partial charge in [0.05, 0.1) is 37.5 Å². The molecule has 0 aromatic rings. The van der Waals surface area contributed by atoms with E-state index in [9.17, 15) is 71.5 Å². The van der Waals surface area contributed by atoms with Gasteiger partial charge in [0.2, 0.25) is 0 Å². The molecular weight excluding hydrogens is 676 g/mol. The van der Waals surface area contributed by atoms with Gasteiger partial charge in [-0.1, -0.05) is 0 Å². The molecule has 0 aromatic carbocycles. The van der Waals surface area contributed by atoms with Gasteiger partial charge in [0.1, 0.15) is 73.2 Å². The molecule has 23 nitrogen and oxygen atoms in total. The van der Waals surface area contributed by atoms with Crippen LogP contribution in [0.25, 0.3) is 0 Å². The summed E-state index contributed by atoms with van der Waals surface area (Å²) in [4.78, 5) is 2.90. The highest BCUT2D eigenvalue weighted by atomic mass is 16.7. The van der Waals surface area contributed by atoms with Gasteiger partial charge >= 0.3 is 0 Å². The Labute approximate surface area is 280 Å². The minimum Gasteiger partial charge on any atom is -0.412 e. The minimum absolute atomic E-state index is 0. The molecule has 0 radical (unpaired) electrons. The van der Waals surface area contributed by atoms with E-state index in [2.05, 4.69) is 0 Å². The summed E-state index contributed by atoms with van der Waals surface area (Å²) in [5.41, 5.74) is 0. The monoisotopic (exact) mass is 732 g/mol. The number of ether oxygens (including phenoxy) is 4. The van der Waals surface area contributed by atoms with Gasteiger partial charge in [-0.15, -0.1) is 0 Å². The zero-order valence-electron chi connectivity index (χ0n) is 26.9. The van der Waals surface area contributed by atoms with Crippen LogP contribution >= 0.6 is 0 Å². The highest BCUT2D eigenvalue weighted by molar-refractivity contribution is 4.99. The van der Waals surface area contributed by atoms with Gasteiger partial charge in [-0.25, -0.2) is 0 Å². The van der Waals surface area contributed by atoms with E-state index in [0.29, 0.717) is 0 Å². The summed E-state index contributed by atoms with van der Waals surface area (Å²) >= 11 is 0. The van der Waals surface area contributed by atoms with E-state index in [1.54, 1.807) is 0 Å². The Kier molecular flexibility index (Phi) is 20.6. The predicted molar refractivity (Wildman–Crippen MR) is 159 cm³/mol. The summed E-state index contributed by atoms with van der Waals surface area (Å²) in [6, 6.07) is -1.73. The molecule has 0 saturated carbocycles. The maximum atomic E-state index is 10.0. The average molecular weight is 733 g/mol. The number of β-amino-alcohol motifs (C(OH)–C–C–N with tert-alkyl or cyclic N) is 2. The van der Waals surface area contributed by atoms with E-state index in [1.165, 1.54) is 24.0 Å². The molecule has 49 heavy (non-hydrogen) atoms. The molecule has 4 saturated heterocycles. The molecule has 4 aliphatic heterocycles. The Balaban J connectivity index is 0.000000886. The SMILES string of the molecule is CO[C@H]1O[C@H](CN2C[C@H](O)[C@@H](O)[C@H](O)[C@H]2CO)[C@@H](O)[C@H](O)[C@H]1O.CO[C@H]1O[C@H](CN2C[C@H](O)[C@@H](O)[C@H](O)[C@H]2CO)[C@@H](O)[C@H](O)[C@H]1O.O.O.O.